The predicted octanol–water partition coefficient (Wildman–Crippen LogP) is 4.57. The number of ether oxygens (including phenoxy) is 1. The highest BCUT2D eigenvalue weighted by molar-refractivity contribution is 5.72. The van der Waals surface area contributed by atoms with Crippen LogP contribution in [0.5, 0.6) is 0 Å². The molecule has 0 amide bonds. The van der Waals surface area contributed by atoms with E-state index in [0.29, 0.717) is 25.1 Å². The lowest BCUT2D eigenvalue weighted by molar-refractivity contribution is -0.155. The Balaban J connectivity index is 2.10. The maximum absolute atomic E-state index is 11.5. The average molecular weight is 309 g/mol. The first-order chi connectivity index (χ1) is 10.6. The standard InChI is InChI=1S/C19H35NO2/c1-4-5-6-7-8-9-10-11-12-13-20-15-19(21)22-16-18(20)14-17(2)3/h4,17-18H,1,5-16H2,2-3H3/t18-/m0/s1. The summed E-state index contributed by atoms with van der Waals surface area (Å²) in [5, 5.41) is 0. The fraction of sp³-hybridized carbons (Fsp3) is 0.842. The second-order valence-corrected chi connectivity index (χ2v) is 6.99. The number of cyclic esters (lactones) is 1. The Morgan fingerprint density at radius 3 is 2.45 bits per heavy atom. The molecule has 0 saturated carbocycles. The second-order valence-electron chi connectivity index (χ2n) is 6.99. The van der Waals surface area contributed by atoms with Gasteiger partial charge in [-0.05, 0) is 38.1 Å². The van der Waals surface area contributed by atoms with E-state index < -0.39 is 0 Å². The van der Waals surface area contributed by atoms with Crippen molar-refractivity contribution in [1.29, 1.82) is 0 Å². The highest BCUT2D eigenvalue weighted by atomic mass is 16.5. The smallest absolute Gasteiger partial charge is 0.320 e. The van der Waals surface area contributed by atoms with Crippen molar-refractivity contribution in [3.8, 4) is 0 Å². The van der Waals surface area contributed by atoms with Crippen LogP contribution in [0.15, 0.2) is 12.7 Å². The van der Waals surface area contributed by atoms with Gasteiger partial charge in [0.15, 0.2) is 0 Å². The topological polar surface area (TPSA) is 29.5 Å². The van der Waals surface area contributed by atoms with Crippen molar-refractivity contribution in [2.75, 3.05) is 19.7 Å². The van der Waals surface area contributed by atoms with Crippen LogP contribution in [0.2, 0.25) is 0 Å². The lowest BCUT2D eigenvalue weighted by Gasteiger charge is -2.35. The molecule has 1 rings (SSSR count). The molecular weight excluding hydrogens is 274 g/mol. The Morgan fingerprint density at radius 1 is 1.18 bits per heavy atom. The molecule has 0 aliphatic carbocycles. The van der Waals surface area contributed by atoms with Crippen LogP contribution in [0.1, 0.15) is 71.6 Å². The van der Waals surface area contributed by atoms with Gasteiger partial charge >= 0.3 is 5.97 Å². The van der Waals surface area contributed by atoms with Gasteiger partial charge in [-0.2, -0.15) is 0 Å². The number of hydrogen-bond acceptors (Lipinski definition) is 3. The summed E-state index contributed by atoms with van der Waals surface area (Å²) in [7, 11) is 0. The van der Waals surface area contributed by atoms with E-state index in [1.54, 1.807) is 0 Å². The predicted molar refractivity (Wildman–Crippen MR) is 92.9 cm³/mol. The normalized spacial score (nSPS) is 19.4. The molecule has 22 heavy (non-hydrogen) atoms. The summed E-state index contributed by atoms with van der Waals surface area (Å²) in [4.78, 5) is 13.8. The summed E-state index contributed by atoms with van der Waals surface area (Å²) in [5.41, 5.74) is 0. The highest BCUT2D eigenvalue weighted by Gasteiger charge is 2.27. The number of esters is 1. The maximum atomic E-state index is 11.5. The molecule has 0 unspecified atom stereocenters. The van der Waals surface area contributed by atoms with Gasteiger partial charge in [0.2, 0.25) is 0 Å². The number of unbranched alkanes of at least 4 members (excludes halogenated alkanes) is 7. The molecule has 1 atom stereocenters. The monoisotopic (exact) mass is 309 g/mol. The first-order valence-electron chi connectivity index (χ1n) is 9.14. The van der Waals surface area contributed by atoms with E-state index in [2.05, 4.69) is 25.3 Å². The molecule has 1 aliphatic rings. The first kappa shape index (κ1) is 19.2. The largest absolute Gasteiger partial charge is 0.463 e. The molecule has 1 saturated heterocycles. The van der Waals surface area contributed by atoms with E-state index in [1.807, 2.05) is 6.08 Å². The van der Waals surface area contributed by atoms with Crippen LogP contribution in [0.4, 0.5) is 0 Å². The van der Waals surface area contributed by atoms with Gasteiger partial charge in [0, 0.05) is 6.04 Å². The summed E-state index contributed by atoms with van der Waals surface area (Å²) in [6.07, 6.45) is 13.4. The number of hydrogen-bond donors (Lipinski definition) is 0. The van der Waals surface area contributed by atoms with Crippen molar-refractivity contribution in [2.24, 2.45) is 5.92 Å². The lowest BCUT2D eigenvalue weighted by atomic mass is 10.0. The van der Waals surface area contributed by atoms with Gasteiger partial charge in [-0.1, -0.05) is 52.0 Å². The van der Waals surface area contributed by atoms with Gasteiger partial charge in [0.25, 0.3) is 0 Å². The molecule has 1 aliphatic heterocycles. The molecule has 1 fully saturated rings. The van der Waals surface area contributed by atoms with Crippen LogP contribution >= 0.6 is 0 Å². The minimum atomic E-state index is -0.0535. The Morgan fingerprint density at radius 2 is 1.82 bits per heavy atom. The van der Waals surface area contributed by atoms with Crippen molar-refractivity contribution >= 4 is 5.97 Å². The van der Waals surface area contributed by atoms with Gasteiger partial charge in [-0.3, -0.25) is 9.69 Å². The summed E-state index contributed by atoms with van der Waals surface area (Å²) >= 11 is 0. The van der Waals surface area contributed by atoms with Crippen molar-refractivity contribution in [1.82, 2.24) is 4.90 Å². The summed E-state index contributed by atoms with van der Waals surface area (Å²) in [6.45, 7) is 10.3. The zero-order valence-electron chi connectivity index (χ0n) is 14.7. The van der Waals surface area contributed by atoms with E-state index in [4.69, 9.17) is 4.74 Å². The Bertz CT molecular complexity index is 315. The average Bonchev–Trinajstić information content (AvgIpc) is 2.47. The Labute approximate surface area is 137 Å². The van der Waals surface area contributed by atoms with Gasteiger partial charge in [0.1, 0.15) is 6.61 Å². The molecule has 1 heterocycles. The third-order valence-corrected chi connectivity index (χ3v) is 4.38. The van der Waals surface area contributed by atoms with Gasteiger partial charge in [0.05, 0.1) is 6.54 Å². The van der Waals surface area contributed by atoms with E-state index in [1.165, 1.54) is 44.9 Å². The number of carbonyl (C=O) groups is 1. The molecular formula is C19H35NO2. The zero-order valence-corrected chi connectivity index (χ0v) is 14.7. The fourth-order valence-corrected chi connectivity index (χ4v) is 3.15. The maximum Gasteiger partial charge on any atom is 0.320 e. The van der Waals surface area contributed by atoms with Crippen molar-refractivity contribution in [2.45, 2.75) is 77.7 Å². The van der Waals surface area contributed by atoms with Crippen LogP contribution < -0.4 is 0 Å². The Kier molecular flexibility index (Phi) is 10.2. The number of morpholine rings is 1. The van der Waals surface area contributed by atoms with Gasteiger partial charge in [-0.15, -0.1) is 6.58 Å². The van der Waals surface area contributed by atoms with Crippen LogP contribution in [-0.4, -0.2) is 36.6 Å². The molecule has 3 heteroatoms. The molecule has 0 radical (unpaired) electrons. The molecule has 0 aromatic rings. The van der Waals surface area contributed by atoms with E-state index >= 15 is 0 Å². The second kappa shape index (κ2) is 11.7. The van der Waals surface area contributed by atoms with Crippen molar-refractivity contribution in [3.63, 3.8) is 0 Å². The van der Waals surface area contributed by atoms with E-state index in [9.17, 15) is 4.79 Å². The van der Waals surface area contributed by atoms with Gasteiger partial charge < -0.3 is 4.74 Å². The summed E-state index contributed by atoms with van der Waals surface area (Å²) < 4.78 is 5.23. The molecule has 0 aromatic carbocycles. The molecule has 3 nitrogen and oxygen atoms in total. The minimum Gasteiger partial charge on any atom is -0.463 e. The van der Waals surface area contributed by atoms with Crippen LogP contribution in [0.25, 0.3) is 0 Å². The van der Waals surface area contributed by atoms with Gasteiger partial charge in [-0.25, -0.2) is 0 Å². The fourth-order valence-electron chi connectivity index (χ4n) is 3.15. The van der Waals surface area contributed by atoms with Crippen LogP contribution in [0.3, 0.4) is 0 Å². The lowest BCUT2D eigenvalue weighted by Crippen LogP contribution is -2.48. The molecule has 128 valence electrons. The summed E-state index contributed by atoms with van der Waals surface area (Å²) in [5.74, 6) is 0.599. The third-order valence-electron chi connectivity index (χ3n) is 4.38. The minimum absolute atomic E-state index is 0.0535. The number of nitrogens with zero attached hydrogens (tertiary/aromatic N) is 1. The van der Waals surface area contributed by atoms with Crippen molar-refractivity contribution in [3.05, 3.63) is 12.7 Å². The highest BCUT2D eigenvalue weighted by Crippen LogP contribution is 2.17. The van der Waals surface area contributed by atoms with Crippen LogP contribution in [-0.2, 0) is 9.53 Å². The molecule has 0 aromatic heterocycles. The number of rotatable bonds is 12. The third kappa shape index (κ3) is 8.57. The number of carbonyl (C=O) groups excluding carboxylic acids is 1. The SMILES string of the molecule is C=CCCCCCCCCCN1CC(=O)OC[C@@H]1CC(C)C. The van der Waals surface area contributed by atoms with Crippen molar-refractivity contribution < 1.29 is 9.53 Å². The number of allylic oxidation sites excluding steroid dienone is 1. The van der Waals surface area contributed by atoms with E-state index in [0.717, 1.165) is 19.4 Å². The molecule has 0 N–H and O–H groups in total. The molecule has 0 spiro atoms. The quantitative estimate of drug-likeness (QED) is 0.300. The van der Waals surface area contributed by atoms with E-state index in [-0.39, 0.29) is 5.97 Å². The Hall–Kier alpha value is -0.830. The zero-order chi connectivity index (χ0) is 16.2. The summed E-state index contributed by atoms with van der Waals surface area (Å²) in [6, 6.07) is 0.427. The molecule has 0 bridgehead atoms. The van der Waals surface area contributed by atoms with Crippen LogP contribution in [0, 0.1) is 5.92 Å². The first-order valence-corrected chi connectivity index (χ1v) is 9.14.